The predicted molar refractivity (Wildman–Crippen MR) is 63.4 cm³/mol. The molecule has 0 fully saturated rings. The number of alkyl halides is 2. The number of ether oxygens (including phenoxy) is 2. The lowest BCUT2D eigenvalue weighted by Crippen LogP contribution is -2.04. The van der Waals surface area contributed by atoms with Gasteiger partial charge in [-0.3, -0.25) is 4.79 Å². The van der Waals surface area contributed by atoms with Gasteiger partial charge in [-0.15, -0.1) is 23.2 Å². The summed E-state index contributed by atoms with van der Waals surface area (Å²) in [5, 5.41) is 0. The van der Waals surface area contributed by atoms with Crippen molar-refractivity contribution < 1.29 is 14.3 Å². The Kier molecular flexibility index (Phi) is 4.90. The van der Waals surface area contributed by atoms with Crippen LogP contribution in [0.2, 0.25) is 0 Å². The molecule has 0 saturated heterocycles. The van der Waals surface area contributed by atoms with Crippen molar-refractivity contribution in [2.75, 3.05) is 6.61 Å². The topological polar surface area (TPSA) is 35.5 Å². The van der Waals surface area contributed by atoms with Gasteiger partial charge in [0.1, 0.15) is 4.84 Å². The van der Waals surface area contributed by atoms with E-state index in [0.717, 1.165) is 0 Å². The molecule has 16 heavy (non-hydrogen) atoms. The van der Waals surface area contributed by atoms with Crippen molar-refractivity contribution in [1.82, 2.24) is 0 Å². The van der Waals surface area contributed by atoms with Gasteiger partial charge in [0, 0.05) is 6.92 Å². The van der Waals surface area contributed by atoms with E-state index >= 15 is 0 Å². The first-order chi connectivity index (χ1) is 7.54. The molecule has 1 aromatic rings. The van der Waals surface area contributed by atoms with Gasteiger partial charge in [0.15, 0.2) is 11.5 Å². The second-order valence-electron chi connectivity index (χ2n) is 3.03. The summed E-state index contributed by atoms with van der Waals surface area (Å²) in [6.45, 7) is 3.63. The van der Waals surface area contributed by atoms with Crippen LogP contribution in [0.3, 0.4) is 0 Å². The molecule has 0 spiro atoms. The maximum Gasteiger partial charge on any atom is 0.308 e. The van der Waals surface area contributed by atoms with Gasteiger partial charge in [0.2, 0.25) is 0 Å². The first-order valence-corrected chi connectivity index (χ1v) is 5.65. The van der Waals surface area contributed by atoms with Gasteiger partial charge in [-0.2, -0.15) is 0 Å². The van der Waals surface area contributed by atoms with Crippen molar-refractivity contribution in [3.8, 4) is 11.5 Å². The third-order valence-corrected chi connectivity index (χ3v) is 2.28. The molecule has 0 heterocycles. The summed E-state index contributed by atoms with van der Waals surface area (Å²) in [7, 11) is 0. The van der Waals surface area contributed by atoms with E-state index in [9.17, 15) is 4.79 Å². The zero-order chi connectivity index (χ0) is 12.1. The van der Waals surface area contributed by atoms with Crippen LogP contribution < -0.4 is 9.47 Å². The SMILES string of the molecule is CCOc1cc(C(Cl)Cl)ccc1OC(C)=O. The van der Waals surface area contributed by atoms with Crippen LogP contribution in [0.5, 0.6) is 11.5 Å². The van der Waals surface area contributed by atoms with E-state index in [2.05, 4.69) is 0 Å². The predicted octanol–water partition coefficient (Wildman–Crippen LogP) is 3.49. The van der Waals surface area contributed by atoms with E-state index in [0.29, 0.717) is 23.7 Å². The summed E-state index contributed by atoms with van der Waals surface area (Å²) in [5.74, 6) is 0.426. The Morgan fingerprint density at radius 1 is 1.38 bits per heavy atom. The first kappa shape index (κ1) is 13.1. The van der Waals surface area contributed by atoms with Crippen LogP contribution in [-0.4, -0.2) is 12.6 Å². The van der Waals surface area contributed by atoms with Crippen LogP contribution in [0.4, 0.5) is 0 Å². The minimum absolute atomic E-state index is 0.368. The van der Waals surface area contributed by atoms with Crippen molar-refractivity contribution in [1.29, 1.82) is 0 Å². The number of carbonyl (C=O) groups is 1. The fraction of sp³-hybridized carbons (Fsp3) is 0.364. The van der Waals surface area contributed by atoms with Crippen molar-refractivity contribution in [3.05, 3.63) is 23.8 Å². The Morgan fingerprint density at radius 3 is 2.56 bits per heavy atom. The molecule has 0 bridgehead atoms. The molecule has 1 rings (SSSR count). The third-order valence-electron chi connectivity index (χ3n) is 1.77. The highest BCUT2D eigenvalue weighted by atomic mass is 35.5. The largest absolute Gasteiger partial charge is 0.490 e. The molecular weight excluding hydrogens is 251 g/mol. The molecule has 88 valence electrons. The quantitative estimate of drug-likeness (QED) is 0.474. The lowest BCUT2D eigenvalue weighted by atomic mass is 10.2. The minimum atomic E-state index is -0.634. The fourth-order valence-corrected chi connectivity index (χ4v) is 1.44. The highest BCUT2D eigenvalue weighted by Crippen LogP contribution is 2.34. The van der Waals surface area contributed by atoms with E-state index < -0.39 is 10.8 Å². The molecule has 3 nitrogen and oxygen atoms in total. The van der Waals surface area contributed by atoms with Crippen LogP contribution in [0.25, 0.3) is 0 Å². The number of halogens is 2. The standard InChI is InChI=1S/C11H12Cl2O3/c1-3-15-10-6-8(11(12)13)4-5-9(10)16-7(2)14/h4-6,11H,3H2,1-2H3. The molecule has 0 unspecified atom stereocenters. The summed E-state index contributed by atoms with van der Waals surface area (Å²) in [6.07, 6.45) is 0. The van der Waals surface area contributed by atoms with Gasteiger partial charge < -0.3 is 9.47 Å². The van der Waals surface area contributed by atoms with Crippen LogP contribution in [0.15, 0.2) is 18.2 Å². The number of esters is 1. The van der Waals surface area contributed by atoms with E-state index in [1.807, 2.05) is 6.92 Å². The second kappa shape index (κ2) is 5.97. The summed E-state index contributed by atoms with van der Waals surface area (Å²) >= 11 is 11.5. The summed E-state index contributed by atoms with van der Waals surface area (Å²) in [6, 6.07) is 4.96. The van der Waals surface area contributed by atoms with E-state index in [1.165, 1.54) is 6.92 Å². The van der Waals surface area contributed by atoms with Crippen LogP contribution in [-0.2, 0) is 4.79 Å². The Balaban J connectivity index is 3.03. The van der Waals surface area contributed by atoms with Gasteiger partial charge in [-0.25, -0.2) is 0 Å². The first-order valence-electron chi connectivity index (χ1n) is 4.78. The summed E-state index contributed by atoms with van der Waals surface area (Å²) < 4.78 is 10.3. The average Bonchev–Trinajstić information content (AvgIpc) is 2.20. The molecule has 0 saturated carbocycles. The van der Waals surface area contributed by atoms with Gasteiger partial charge in [-0.1, -0.05) is 6.07 Å². The van der Waals surface area contributed by atoms with Crippen LogP contribution in [0, 0.1) is 0 Å². The van der Waals surface area contributed by atoms with Crippen molar-refractivity contribution in [2.45, 2.75) is 18.7 Å². The molecule has 0 N–H and O–H groups in total. The highest BCUT2D eigenvalue weighted by Gasteiger charge is 2.11. The molecule has 0 atom stereocenters. The molecule has 0 aliphatic carbocycles. The zero-order valence-corrected chi connectivity index (χ0v) is 10.5. The molecule has 0 aromatic heterocycles. The summed E-state index contributed by atoms with van der Waals surface area (Å²) in [5.41, 5.74) is 0.697. The molecule has 1 aromatic carbocycles. The smallest absolute Gasteiger partial charge is 0.308 e. The third kappa shape index (κ3) is 3.58. The molecular formula is C11H12Cl2O3. The zero-order valence-electron chi connectivity index (χ0n) is 9.00. The van der Waals surface area contributed by atoms with E-state index in [-0.39, 0.29) is 0 Å². The number of hydrogen-bond donors (Lipinski definition) is 0. The lowest BCUT2D eigenvalue weighted by molar-refractivity contribution is -0.132. The maximum atomic E-state index is 10.9. The molecule has 0 amide bonds. The fourth-order valence-electron chi connectivity index (χ4n) is 1.17. The van der Waals surface area contributed by atoms with Crippen molar-refractivity contribution >= 4 is 29.2 Å². The lowest BCUT2D eigenvalue weighted by Gasteiger charge is -2.11. The normalized spacial score (nSPS) is 10.3. The second-order valence-corrected chi connectivity index (χ2v) is 4.13. The average molecular weight is 263 g/mol. The Morgan fingerprint density at radius 2 is 2.06 bits per heavy atom. The van der Waals surface area contributed by atoms with Gasteiger partial charge in [-0.05, 0) is 24.6 Å². The molecule has 0 aliphatic heterocycles. The Labute approximate surface area is 104 Å². The maximum absolute atomic E-state index is 10.9. The number of benzene rings is 1. The van der Waals surface area contributed by atoms with Crippen LogP contribution >= 0.6 is 23.2 Å². The van der Waals surface area contributed by atoms with Gasteiger partial charge in [0.05, 0.1) is 6.61 Å². The summed E-state index contributed by atoms with van der Waals surface area (Å²) in [4.78, 5) is 10.2. The number of carbonyl (C=O) groups excluding carboxylic acids is 1. The Hall–Kier alpha value is -0.930. The van der Waals surface area contributed by atoms with E-state index in [4.69, 9.17) is 32.7 Å². The molecule has 5 heteroatoms. The molecule has 0 radical (unpaired) electrons. The van der Waals surface area contributed by atoms with Crippen molar-refractivity contribution in [2.24, 2.45) is 0 Å². The molecule has 0 aliphatic rings. The monoisotopic (exact) mass is 262 g/mol. The van der Waals surface area contributed by atoms with Gasteiger partial charge in [0.25, 0.3) is 0 Å². The van der Waals surface area contributed by atoms with Gasteiger partial charge >= 0.3 is 5.97 Å². The van der Waals surface area contributed by atoms with E-state index in [1.54, 1.807) is 18.2 Å². The number of rotatable bonds is 4. The highest BCUT2D eigenvalue weighted by molar-refractivity contribution is 6.44. The number of hydrogen-bond acceptors (Lipinski definition) is 3. The Bertz CT molecular complexity index is 377. The minimum Gasteiger partial charge on any atom is -0.490 e. The van der Waals surface area contributed by atoms with Crippen LogP contribution in [0.1, 0.15) is 24.2 Å². The van der Waals surface area contributed by atoms with Crippen molar-refractivity contribution in [3.63, 3.8) is 0 Å².